The van der Waals surface area contributed by atoms with Gasteiger partial charge in [-0.2, -0.15) is 5.10 Å². The number of nitrogens with two attached hydrogens (primary N) is 1. The second-order valence-electron chi connectivity index (χ2n) is 5.29. The Morgan fingerprint density at radius 2 is 2.00 bits per heavy atom. The molecule has 4 N–H and O–H groups in total. The second kappa shape index (κ2) is 7.04. The van der Waals surface area contributed by atoms with Crippen molar-refractivity contribution >= 4 is 17.6 Å². The predicted molar refractivity (Wildman–Crippen MR) is 77.1 cm³/mol. The number of rotatable bonds is 6. The van der Waals surface area contributed by atoms with Crippen LogP contribution < -0.4 is 16.4 Å². The fraction of sp³-hybridized carbons (Fsp3) is 0.615. The van der Waals surface area contributed by atoms with E-state index in [1.807, 2.05) is 27.7 Å². The van der Waals surface area contributed by atoms with E-state index in [0.29, 0.717) is 5.82 Å². The summed E-state index contributed by atoms with van der Waals surface area (Å²) in [6.07, 6.45) is 1.61. The summed E-state index contributed by atoms with van der Waals surface area (Å²) >= 11 is 0. The third-order valence-electron chi connectivity index (χ3n) is 2.87. The van der Waals surface area contributed by atoms with Gasteiger partial charge in [-0.1, -0.05) is 13.8 Å². The van der Waals surface area contributed by atoms with Crippen LogP contribution in [0.25, 0.3) is 0 Å². The largest absolute Gasteiger partial charge is 0.346 e. The summed E-state index contributed by atoms with van der Waals surface area (Å²) in [4.78, 5) is 23.4. The van der Waals surface area contributed by atoms with Gasteiger partial charge in [-0.3, -0.25) is 9.59 Å². The van der Waals surface area contributed by atoms with Crippen LogP contribution in [0, 0.1) is 5.92 Å². The molecule has 0 saturated heterocycles. The molecule has 0 aliphatic carbocycles. The van der Waals surface area contributed by atoms with Crippen molar-refractivity contribution in [1.82, 2.24) is 15.1 Å². The van der Waals surface area contributed by atoms with Gasteiger partial charge in [0.2, 0.25) is 11.8 Å². The smallest absolute Gasteiger partial charge is 0.244 e. The first-order valence-corrected chi connectivity index (χ1v) is 6.69. The molecule has 2 amide bonds. The predicted octanol–water partition coefficient (Wildman–Crippen LogP) is 0.502. The van der Waals surface area contributed by atoms with Crippen molar-refractivity contribution in [2.45, 2.75) is 39.8 Å². The van der Waals surface area contributed by atoms with Gasteiger partial charge in [0.1, 0.15) is 5.82 Å². The average Bonchev–Trinajstić information content (AvgIpc) is 2.83. The molecule has 1 rings (SSSR count). The van der Waals surface area contributed by atoms with Crippen molar-refractivity contribution in [3.63, 3.8) is 0 Å². The molecule has 7 nitrogen and oxygen atoms in total. The number of hydrogen-bond donors (Lipinski definition) is 3. The third kappa shape index (κ3) is 4.34. The Hall–Kier alpha value is -1.89. The molecule has 0 fully saturated rings. The SMILES string of the molecule is CC(C)[C@H](N)C(=O)NCC(=O)Nc1ccnn1C(C)C. The van der Waals surface area contributed by atoms with E-state index in [2.05, 4.69) is 15.7 Å². The van der Waals surface area contributed by atoms with Gasteiger partial charge in [0.05, 0.1) is 18.8 Å². The fourth-order valence-corrected chi connectivity index (χ4v) is 1.60. The van der Waals surface area contributed by atoms with Crippen LogP contribution in [0.3, 0.4) is 0 Å². The normalized spacial score (nSPS) is 12.6. The number of hydrogen-bond acceptors (Lipinski definition) is 4. The zero-order valence-corrected chi connectivity index (χ0v) is 12.4. The van der Waals surface area contributed by atoms with Gasteiger partial charge in [-0.25, -0.2) is 4.68 Å². The minimum Gasteiger partial charge on any atom is -0.346 e. The monoisotopic (exact) mass is 281 g/mol. The molecule has 0 aromatic carbocycles. The van der Waals surface area contributed by atoms with Crippen molar-refractivity contribution in [3.8, 4) is 0 Å². The number of amides is 2. The lowest BCUT2D eigenvalue weighted by atomic mass is 10.1. The molecule has 20 heavy (non-hydrogen) atoms. The Labute approximate surface area is 118 Å². The first-order valence-electron chi connectivity index (χ1n) is 6.69. The molecular formula is C13H23N5O2. The van der Waals surface area contributed by atoms with Crippen molar-refractivity contribution in [2.24, 2.45) is 11.7 Å². The Morgan fingerprint density at radius 3 is 2.55 bits per heavy atom. The summed E-state index contributed by atoms with van der Waals surface area (Å²) in [5, 5.41) is 9.33. The zero-order valence-electron chi connectivity index (χ0n) is 12.4. The van der Waals surface area contributed by atoms with Crippen LogP contribution in [0.15, 0.2) is 12.3 Å². The summed E-state index contributed by atoms with van der Waals surface area (Å²) in [7, 11) is 0. The number of anilines is 1. The highest BCUT2D eigenvalue weighted by Crippen LogP contribution is 2.12. The van der Waals surface area contributed by atoms with E-state index >= 15 is 0 Å². The summed E-state index contributed by atoms with van der Waals surface area (Å²) in [5.74, 6) is -0.00272. The van der Waals surface area contributed by atoms with E-state index in [1.54, 1.807) is 16.9 Å². The highest BCUT2D eigenvalue weighted by Gasteiger charge is 2.18. The maximum absolute atomic E-state index is 11.8. The lowest BCUT2D eigenvalue weighted by Gasteiger charge is -2.15. The number of nitrogens with zero attached hydrogens (tertiary/aromatic N) is 2. The van der Waals surface area contributed by atoms with Gasteiger partial charge in [0.15, 0.2) is 0 Å². The molecule has 0 bridgehead atoms. The van der Waals surface area contributed by atoms with Crippen LogP contribution in [0.1, 0.15) is 33.7 Å². The van der Waals surface area contributed by atoms with Gasteiger partial charge in [0, 0.05) is 12.1 Å². The quantitative estimate of drug-likeness (QED) is 0.706. The molecule has 1 atom stereocenters. The molecule has 0 unspecified atom stereocenters. The standard InChI is InChI=1S/C13H23N5O2/c1-8(2)12(14)13(20)15-7-11(19)17-10-5-6-16-18(10)9(3)4/h5-6,8-9,12H,7,14H2,1-4H3,(H,15,20)(H,17,19)/t12-/m0/s1. The van der Waals surface area contributed by atoms with Crippen molar-refractivity contribution < 1.29 is 9.59 Å². The Kier molecular flexibility index (Phi) is 5.69. The summed E-state index contributed by atoms with van der Waals surface area (Å²) in [5.41, 5.74) is 5.69. The Bertz CT molecular complexity index is 467. The molecule has 1 heterocycles. The zero-order chi connectivity index (χ0) is 15.3. The molecule has 0 radical (unpaired) electrons. The van der Waals surface area contributed by atoms with Gasteiger partial charge in [-0.15, -0.1) is 0 Å². The van der Waals surface area contributed by atoms with E-state index in [0.717, 1.165) is 0 Å². The van der Waals surface area contributed by atoms with E-state index in [1.165, 1.54) is 0 Å². The molecule has 0 aliphatic rings. The van der Waals surface area contributed by atoms with Crippen LogP contribution in [-0.2, 0) is 9.59 Å². The van der Waals surface area contributed by atoms with Crippen molar-refractivity contribution in [3.05, 3.63) is 12.3 Å². The van der Waals surface area contributed by atoms with Crippen LogP contribution in [0.4, 0.5) is 5.82 Å². The topological polar surface area (TPSA) is 102 Å². The summed E-state index contributed by atoms with van der Waals surface area (Å²) in [6, 6.07) is 1.24. The molecule has 0 spiro atoms. The number of nitrogens with one attached hydrogen (secondary N) is 2. The summed E-state index contributed by atoms with van der Waals surface area (Å²) in [6.45, 7) is 7.53. The molecule has 1 aromatic rings. The lowest BCUT2D eigenvalue weighted by molar-refractivity contribution is -0.125. The highest BCUT2D eigenvalue weighted by atomic mass is 16.2. The lowest BCUT2D eigenvalue weighted by Crippen LogP contribution is -2.46. The minimum absolute atomic E-state index is 0.0282. The van der Waals surface area contributed by atoms with Gasteiger partial charge < -0.3 is 16.4 Å². The van der Waals surface area contributed by atoms with E-state index < -0.39 is 6.04 Å². The Balaban J connectivity index is 2.48. The van der Waals surface area contributed by atoms with Gasteiger partial charge in [-0.05, 0) is 19.8 Å². The van der Waals surface area contributed by atoms with E-state index in [4.69, 9.17) is 5.73 Å². The molecular weight excluding hydrogens is 258 g/mol. The van der Waals surface area contributed by atoms with Crippen LogP contribution in [0.2, 0.25) is 0 Å². The number of carbonyl (C=O) groups is 2. The third-order valence-corrected chi connectivity index (χ3v) is 2.87. The van der Waals surface area contributed by atoms with Gasteiger partial charge >= 0.3 is 0 Å². The van der Waals surface area contributed by atoms with Crippen LogP contribution >= 0.6 is 0 Å². The maximum atomic E-state index is 11.8. The van der Waals surface area contributed by atoms with Crippen molar-refractivity contribution in [2.75, 3.05) is 11.9 Å². The summed E-state index contributed by atoms with van der Waals surface area (Å²) < 4.78 is 1.69. The van der Waals surface area contributed by atoms with Crippen molar-refractivity contribution in [1.29, 1.82) is 0 Å². The van der Waals surface area contributed by atoms with E-state index in [9.17, 15) is 9.59 Å². The number of carbonyl (C=O) groups excluding carboxylic acids is 2. The average molecular weight is 281 g/mol. The maximum Gasteiger partial charge on any atom is 0.244 e. The minimum atomic E-state index is -0.607. The van der Waals surface area contributed by atoms with Crippen LogP contribution in [0.5, 0.6) is 0 Å². The number of aromatic nitrogens is 2. The Morgan fingerprint density at radius 1 is 1.35 bits per heavy atom. The molecule has 0 aliphatic heterocycles. The van der Waals surface area contributed by atoms with Gasteiger partial charge in [0.25, 0.3) is 0 Å². The van der Waals surface area contributed by atoms with E-state index in [-0.39, 0.29) is 30.3 Å². The molecule has 7 heteroatoms. The molecule has 1 aromatic heterocycles. The first-order chi connectivity index (χ1) is 9.32. The second-order valence-corrected chi connectivity index (χ2v) is 5.29. The molecule has 0 saturated carbocycles. The first kappa shape index (κ1) is 16.2. The van der Waals surface area contributed by atoms with Crippen LogP contribution in [-0.4, -0.2) is 34.2 Å². The molecule has 112 valence electrons. The highest BCUT2D eigenvalue weighted by molar-refractivity contribution is 5.94. The fourth-order valence-electron chi connectivity index (χ4n) is 1.60.